The highest BCUT2D eigenvalue weighted by Gasteiger charge is 2.30. The van der Waals surface area contributed by atoms with Gasteiger partial charge in [-0.3, -0.25) is 0 Å². The summed E-state index contributed by atoms with van der Waals surface area (Å²) < 4.78 is 16.7. The van der Waals surface area contributed by atoms with Gasteiger partial charge in [0.2, 0.25) is 6.10 Å². The fraction of sp³-hybridized carbons (Fsp3) is 0.0870. The quantitative estimate of drug-likeness (QED) is 0.454. The number of nitriles is 1. The molecule has 0 N–H and O–H groups in total. The summed E-state index contributed by atoms with van der Waals surface area (Å²) in [6.07, 6.45) is -0.936. The van der Waals surface area contributed by atoms with Crippen LogP contribution < -0.4 is 16.0 Å². The summed E-state index contributed by atoms with van der Waals surface area (Å²) in [7, 11) is 0. The summed E-state index contributed by atoms with van der Waals surface area (Å²) in [6.45, 7) is 1.91. The maximum Gasteiger partial charge on any atom is 0.344 e. The minimum atomic E-state index is -0.936. The van der Waals surface area contributed by atoms with E-state index in [4.69, 9.17) is 13.6 Å². The van der Waals surface area contributed by atoms with Crippen molar-refractivity contribution in [3.63, 3.8) is 0 Å². The standard InChI is InChI=1S/C23H13NO5/c1-12-6-7-14-19(8-12)27-20(11-24)17-9-16(23(26)29-22(14)17)15-10-21(25)28-18-5-3-2-4-13(15)18/h2-10,20H,1H3. The molecule has 2 aromatic heterocycles. The second-order valence-electron chi connectivity index (χ2n) is 6.83. The third-order valence-corrected chi connectivity index (χ3v) is 4.94. The van der Waals surface area contributed by atoms with E-state index in [0.29, 0.717) is 39.2 Å². The van der Waals surface area contributed by atoms with E-state index >= 15 is 0 Å². The van der Waals surface area contributed by atoms with Gasteiger partial charge in [-0.05, 0) is 36.8 Å². The SMILES string of the molecule is Cc1ccc2c(c1)OC(C#N)c1cc(-c3cc(=O)oc4ccccc34)c(=O)oc1-2. The first-order chi connectivity index (χ1) is 14.0. The van der Waals surface area contributed by atoms with Crippen molar-refractivity contribution >= 4 is 11.0 Å². The van der Waals surface area contributed by atoms with E-state index in [1.54, 1.807) is 42.5 Å². The maximum atomic E-state index is 12.9. The van der Waals surface area contributed by atoms with E-state index in [1.807, 2.05) is 13.0 Å². The second-order valence-corrected chi connectivity index (χ2v) is 6.83. The zero-order valence-corrected chi connectivity index (χ0v) is 15.3. The summed E-state index contributed by atoms with van der Waals surface area (Å²) in [5, 5.41) is 10.2. The first-order valence-corrected chi connectivity index (χ1v) is 8.94. The Morgan fingerprint density at radius 2 is 1.76 bits per heavy atom. The Hall–Kier alpha value is -4.11. The molecule has 2 aromatic carbocycles. The molecule has 4 aromatic rings. The van der Waals surface area contributed by atoms with Crippen molar-refractivity contribution in [1.29, 1.82) is 5.26 Å². The predicted molar refractivity (Wildman–Crippen MR) is 106 cm³/mol. The molecule has 0 spiro atoms. The van der Waals surface area contributed by atoms with Crippen LogP contribution in [0.2, 0.25) is 0 Å². The Morgan fingerprint density at radius 3 is 2.59 bits per heavy atom. The van der Waals surface area contributed by atoms with Gasteiger partial charge in [0.25, 0.3) is 0 Å². The lowest BCUT2D eigenvalue weighted by Crippen LogP contribution is -2.16. The molecule has 0 aliphatic carbocycles. The molecule has 3 heterocycles. The van der Waals surface area contributed by atoms with Crippen molar-refractivity contribution in [1.82, 2.24) is 0 Å². The minimum absolute atomic E-state index is 0.173. The van der Waals surface area contributed by atoms with Crippen LogP contribution in [0.1, 0.15) is 17.2 Å². The number of nitrogens with zero attached hydrogens (tertiary/aromatic N) is 1. The van der Waals surface area contributed by atoms with Crippen molar-refractivity contribution < 1.29 is 13.6 Å². The monoisotopic (exact) mass is 383 g/mol. The van der Waals surface area contributed by atoms with E-state index in [1.165, 1.54) is 6.07 Å². The molecule has 0 saturated heterocycles. The number of aryl methyl sites for hydroxylation is 1. The Kier molecular flexibility index (Phi) is 3.65. The van der Waals surface area contributed by atoms with E-state index in [-0.39, 0.29) is 5.56 Å². The summed E-state index contributed by atoms with van der Waals surface area (Å²) in [5.74, 6) is 0.796. The molecule has 0 amide bonds. The second kappa shape index (κ2) is 6.21. The Balaban J connectivity index is 1.82. The molecular weight excluding hydrogens is 370 g/mol. The van der Waals surface area contributed by atoms with Crippen LogP contribution >= 0.6 is 0 Å². The number of hydrogen-bond donors (Lipinski definition) is 0. The molecule has 6 heteroatoms. The molecule has 0 saturated carbocycles. The summed E-state index contributed by atoms with van der Waals surface area (Å²) in [5.41, 5.74) is 1.75. The van der Waals surface area contributed by atoms with Crippen molar-refractivity contribution in [2.24, 2.45) is 0 Å². The third kappa shape index (κ3) is 2.64. The van der Waals surface area contributed by atoms with Crippen molar-refractivity contribution in [3.8, 4) is 34.3 Å². The van der Waals surface area contributed by atoms with Crippen molar-refractivity contribution in [2.75, 3.05) is 0 Å². The summed E-state index contributed by atoms with van der Waals surface area (Å²) in [6, 6.07) is 17.3. The predicted octanol–water partition coefficient (Wildman–Crippen LogP) is 4.35. The summed E-state index contributed by atoms with van der Waals surface area (Å²) in [4.78, 5) is 24.9. The van der Waals surface area contributed by atoms with Gasteiger partial charge in [-0.15, -0.1) is 0 Å². The smallest absolute Gasteiger partial charge is 0.344 e. The third-order valence-electron chi connectivity index (χ3n) is 4.94. The van der Waals surface area contributed by atoms with Gasteiger partial charge in [0.05, 0.1) is 16.7 Å². The number of hydrogen-bond acceptors (Lipinski definition) is 6. The first-order valence-electron chi connectivity index (χ1n) is 8.94. The normalized spacial score (nSPS) is 14.6. The van der Waals surface area contributed by atoms with Crippen molar-refractivity contribution in [3.05, 3.63) is 86.6 Å². The molecule has 140 valence electrons. The van der Waals surface area contributed by atoms with Crippen LogP contribution in [0, 0.1) is 18.3 Å². The molecule has 0 bridgehead atoms. The van der Waals surface area contributed by atoms with E-state index in [2.05, 4.69) is 6.07 Å². The van der Waals surface area contributed by atoms with Crippen LogP contribution in [0.3, 0.4) is 0 Å². The molecule has 6 nitrogen and oxygen atoms in total. The molecule has 0 fully saturated rings. The zero-order chi connectivity index (χ0) is 20.1. The highest BCUT2D eigenvalue weighted by atomic mass is 16.5. The number of fused-ring (bicyclic) bond motifs is 4. The van der Waals surface area contributed by atoms with E-state index < -0.39 is 17.4 Å². The molecule has 0 radical (unpaired) electrons. The molecular formula is C23H13NO5. The van der Waals surface area contributed by atoms with E-state index in [9.17, 15) is 14.9 Å². The minimum Gasteiger partial charge on any atom is -0.470 e. The number of para-hydroxylation sites is 1. The van der Waals surface area contributed by atoms with Gasteiger partial charge in [0.15, 0.2) is 0 Å². The van der Waals surface area contributed by atoms with Crippen LogP contribution in [-0.2, 0) is 0 Å². The van der Waals surface area contributed by atoms with Crippen LogP contribution in [-0.4, -0.2) is 0 Å². The fourth-order valence-electron chi connectivity index (χ4n) is 3.61. The van der Waals surface area contributed by atoms with Crippen molar-refractivity contribution in [2.45, 2.75) is 13.0 Å². The Labute approximate surface area is 164 Å². The highest BCUT2D eigenvalue weighted by Crippen LogP contribution is 2.43. The van der Waals surface area contributed by atoms with Gasteiger partial charge < -0.3 is 13.6 Å². The molecule has 1 aliphatic rings. The fourth-order valence-corrected chi connectivity index (χ4v) is 3.61. The lowest BCUT2D eigenvalue weighted by atomic mass is 9.95. The van der Waals surface area contributed by atoms with Gasteiger partial charge in [0, 0.05) is 17.0 Å². The number of rotatable bonds is 1. The van der Waals surface area contributed by atoms with Crippen LogP contribution in [0.15, 0.2) is 73.0 Å². The number of ether oxygens (including phenoxy) is 1. The topological polar surface area (TPSA) is 93.4 Å². The lowest BCUT2D eigenvalue weighted by molar-refractivity contribution is 0.251. The molecule has 1 unspecified atom stereocenters. The van der Waals surface area contributed by atoms with Gasteiger partial charge >= 0.3 is 11.3 Å². The molecule has 1 atom stereocenters. The van der Waals surface area contributed by atoms with Gasteiger partial charge in [-0.2, -0.15) is 5.26 Å². The van der Waals surface area contributed by atoms with Crippen LogP contribution in [0.5, 0.6) is 5.75 Å². The van der Waals surface area contributed by atoms with Crippen LogP contribution in [0.4, 0.5) is 0 Å². The van der Waals surface area contributed by atoms with Gasteiger partial charge in [-0.1, -0.05) is 24.3 Å². The maximum absolute atomic E-state index is 12.9. The Bertz CT molecular complexity index is 1460. The average Bonchev–Trinajstić information content (AvgIpc) is 2.71. The number of benzene rings is 2. The van der Waals surface area contributed by atoms with Gasteiger partial charge in [-0.25, -0.2) is 9.59 Å². The largest absolute Gasteiger partial charge is 0.470 e. The van der Waals surface area contributed by atoms with E-state index in [0.717, 1.165) is 5.56 Å². The molecule has 1 aliphatic heterocycles. The Morgan fingerprint density at radius 1 is 0.931 bits per heavy atom. The first kappa shape index (κ1) is 17.0. The summed E-state index contributed by atoms with van der Waals surface area (Å²) >= 11 is 0. The molecule has 29 heavy (non-hydrogen) atoms. The van der Waals surface area contributed by atoms with Crippen LogP contribution in [0.25, 0.3) is 33.4 Å². The molecule has 5 rings (SSSR count). The lowest BCUT2D eigenvalue weighted by Gasteiger charge is -2.24. The average molecular weight is 383 g/mol. The zero-order valence-electron chi connectivity index (χ0n) is 15.3. The van der Waals surface area contributed by atoms with Gasteiger partial charge in [0.1, 0.15) is 23.2 Å². The highest BCUT2D eigenvalue weighted by molar-refractivity contribution is 5.93.